The van der Waals surface area contributed by atoms with Gasteiger partial charge in [-0.15, -0.1) is 0 Å². The first-order valence-electron chi connectivity index (χ1n) is 7.88. The average Bonchev–Trinajstić information content (AvgIpc) is 2.50. The van der Waals surface area contributed by atoms with E-state index in [4.69, 9.17) is 0 Å². The fraction of sp³-hybridized carbons (Fsp3) is 0.263. The van der Waals surface area contributed by atoms with Gasteiger partial charge in [0.05, 0.1) is 0 Å². The molecule has 0 atom stereocenters. The molecule has 6 heteroatoms. The summed E-state index contributed by atoms with van der Waals surface area (Å²) in [6.45, 7) is 5.36. The minimum atomic E-state index is -0.842. The van der Waals surface area contributed by atoms with Gasteiger partial charge in [-0.2, -0.15) is 0 Å². The molecule has 0 fully saturated rings. The van der Waals surface area contributed by atoms with Crippen LogP contribution in [0, 0.1) is 25.5 Å². The number of nitrogens with one attached hydrogen (secondary N) is 1. The van der Waals surface area contributed by atoms with Crippen LogP contribution in [0.5, 0.6) is 0 Å². The summed E-state index contributed by atoms with van der Waals surface area (Å²) in [5.41, 5.74) is 2.21. The fourth-order valence-corrected chi connectivity index (χ4v) is 2.61. The highest BCUT2D eigenvalue weighted by Gasteiger charge is 2.16. The van der Waals surface area contributed by atoms with Gasteiger partial charge >= 0.3 is 0 Å². The number of hydrogen-bond donors (Lipinski definition) is 1. The number of carbonyl (C=O) groups is 2. The van der Waals surface area contributed by atoms with Gasteiger partial charge in [0, 0.05) is 25.6 Å². The van der Waals surface area contributed by atoms with E-state index in [9.17, 15) is 18.4 Å². The van der Waals surface area contributed by atoms with Gasteiger partial charge in [0.25, 0.3) is 0 Å². The molecular formula is C19H20F2N2O2. The highest BCUT2D eigenvalue weighted by atomic mass is 19.1. The second-order valence-electron chi connectivity index (χ2n) is 5.91. The first kappa shape index (κ1) is 18.6. The van der Waals surface area contributed by atoms with E-state index in [1.54, 1.807) is 0 Å². The number of hydrogen-bond acceptors (Lipinski definition) is 2. The number of carbonyl (C=O) groups excluding carboxylic acids is 2. The van der Waals surface area contributed by atoms with Crippen molar-refractivity contribution in [3.05, 3.63) is 59.2 Å². The quantitative estimate of drug-likeness (QED) is 0.891. The Bertz CT molecular complexity index is 766. The number of para-hydroxylation sites is 1. The van der Waals surface area contributed by atoms with Crippen molar-refractivity contribution < 1.29 is 18.4 Å². The van der Waals surface area contributed by atoms with Gasteiger partial charge in [0.15, 0.2) is 0 Å². The van der Waals surface area contributed by atoms with E-state index in [2.05, 4.69) is 5.32 Å². The Hall–Kier alpha value is -2.76. The molecule has 0 unspecified atom stereocenters. The highest BCUT2D eigenvalue weighted by molar-refractivity contribution is 5.95. The molecule has 0 saturated carbocycles. The van der Waals surface area contributed by atoms with Crippen molar-refractivity contribution in [3.8, 4) is 0 Å². The largest absolute Gasteiger partial charge is 0.321 e. The van der Waals surface area contributed by atoms with Crippen molar-refractivity contribution in [1.82, 2.24) is 0 Å². The number of anilines is 2. The second-order valence-corrected chi connectivity index (χ2v) is 5.91. The van der Waals surface area contributed by atoms with E-state index in [0.717, 1.165) is 23.3 Å². The van der Waals surface area contributed by atoms with Crippen molar-refractivity contribution in [2.45, 2.75) is 27.2 Å². The zero-order chi connectivity index (χ0) is 18.6. The first-order chi connectivity index (χ1) is 11.8. The van der Waals surface area contributed by atoms with Crippen molar-refractivity contribution in [2.24, 2.45) is 0 Å². The minimum Gasteiger partial charge on any atom is -0.321 e. The molecule has 0 radical (unpaired) electrons. The van der Waals surface area contributed by atoms with Gasteiger partial charge in [0.1, 0.15) is 17.3 Å². The lowest BCUT2D eigenvalue weighted by molar-refractivity contribution is -0.117. The third-order valence-electron chi connectivity index (χ3n) is 3.69. The van der Waals surface area contributed by atoms with E-state index < -0.39 is 23.2 Å². The molecule has 132 valence electrons. The monoisotopic (exact) mass is 346 g/mol. The molecule has 0 aliphatic rings. The lowest BCUT2D eigenvalue weighted by Crippen LogP contribution is -2.32. The zero-order valence-corrected chi connectivity index (χ0v) is 14.4. The molecule has 0 heterocycles. The lowest BCUT2D eigenvalue weighted by atomic mass is 10.1. The number of nitrogens with zero attached hydrogens (tertiary/aromatic N) is 1. The van der Waals surface area contributed by atoms with E-state index in [-0.39, 0.29) is 18.9 Å². The van der Waals surface area contributed by atoms with Crippen LogP contribution in [0.4, 0.5) is 20.2 Å². The van der Waals surface area contributed by atoms with Gasteiger partial charge in [0.2, 0.25) is 11.8 Å². The Balaban J connectivity index is 2.08. The van der Waals surface area contributed by atoms with Gasteiger partial charge < -0.3 is 10.2 Å². The maximum absolute atomic E-state index is 13.6. The molecular weight excluding hydrogens is 326 g/mol. The molecule has 2 amide bonds. The molecule has 2 aromatic carbocycles. The normalized spacial score (nSPS) is 10.4. The number of benzene rings is 2. The molecule has 0 spiro atoms. The topological polar surface area (TPSA) is 49.4 Å². The summed E-state index contributed by atoms with van der Waals surface area (Å²) in [5.74, 6) is -2.47. The summed E-state index contributed by atoms with van der Waals surface area (Å²) in [7, 11) is 0. The molecule has 0 aromatic heterocycles. The van der Waals surface area contributed by atoms with Crippen LogP contribution >= 0.6 is 0 Å². The summed E-state index contributed by atoms with van der Waals surface area (Å²) in [5, 5.41) is 2.22. The molecule has 2 rings (SSSR count). The number of aryl methyl sites for hydroxylation is 2. The third kappa shape index (κ3) is 4.86. The van der Waals surface area contributed by atoms with Crippen molar-refractivity contribution >= 4 is 23.2 Å². The molecule has 0 aliphatic carbocycles. The predicted octanol–water partition coefficient (Wildman–Crippen LogP) is 3.96. The molecule has 4 nitrogen and oxygen atoms in total. The van der Waals surface area contributed by atoms with Crippen LogP contribution in [0.1, 0.15) is 24.5 Å². The van der Waals surface area contributed by atoms with Gasteiger partial charge in [-0.3, -0.25) is 9.59 Å². The average molecular weight is 346 g/mol. The Labute approximate surface area is 145 Å². The molecule has 0 aliphatic heterocycles. The Morgan fingerprint density at radius 3 is 2.12 bits per heavy atom. The Morgan fingerprint density at radius 1 is 1.04 bits per heavy atom. The maximum Gasteiger partial charge on any atom is 0.226 e. The van der Waals surface area contributed by atoms with Crippen LogP contribution in [0.2, 0.25) is 0 Å². The molecule has 0 saturated heterocycles. The van der Waals surface area contributed by atoms with Crippen molar-refractivity contribution in [2.75, 3.05) is 16.8 Å². The zero-order valence-electron chi connectivity index (χ0n) is 14.4. The summed E-state index contributed by atoms with van der Waals surface area (Å²) >= 11 is 0. The second kappa shape index (κ2) is 7.88. The van der Waals surface area contributed by atoms with Crippen LogP contribution < -0.4 is 10.2 Å². The lowest BCUT2D eigenvalue weighted by Gasteiger charge is -2.22. The third-order valence-corrected chi connectivity index (χ3v) is 3.69. The smallest absolute Gasteiger partial charge is 0.226 e. The highest BCUT2D eigenvalue weighted by Crippen LogP contribution is 2.21. The van der Waals surface area contributed by atoms with E-state index in [1.807, 2.05) is 32.0 Å². The van der Waals surface area contributed by atoms with Crippen molar-refractivity contribution in [1.29, 1.82) is 0 Å². The molecule has 25 heavy (non-hydrogen) atoms. The molecule has 2 aromatic rings. The summed E-state index contributed by atoms with van der Waals surface area (Å²) in [6, 6.07) is 9.03. The summed E-state index contributed by atoms with van der Waals surface area (Å²) in [6.07, 6.45) is -0.0830. The standard InChI is InChI=1S/C19H20F2N2O2/c1-12-9-13(2)11-15(10-12)23(14(3)24)8-7-18(25)22-19-16(20)5-4-6-17(19)21/h4-6,9-11H,7-8H2,1-3H3,(H,22,25). The minimum absolute atomic E-state index is 0.0830. The molecule has 1 N–H and O–H groups in total. The SMILES string of the molecule is CC(=O)N(CCC(=O)Nc1c(F)cccc1F)c1cc(C)cc(C)c1. The van der Waals surface area contributed by atoms with E-state index in [0.29, 0.717) is 5.69 Å². The van der Waals surface area contributed by atoms with Crippen LogP contribution in [0.25, 0.3) is 0 Å². The van der Waals surface area contributed by atoms with E-state index >= 15 is 0 Å². The Morgan fingerprint density at radius 2 is 1.60 bits per heavy atom. The van der Waals surface area contributed by atoms with Gasteiger partial charge in [-0.1, -0.05) is 12.1 Å². The van der Waals surface area contributed by atoms with Crippen LogP contribution in [0.3, 0.4) is 0 Å². The Kier molecular flexibility index (Phi) is 5.85. The van der Waals surface area contributed by atoms with Gasteiger partial charge in [-0.25, -0.2) is 8.78 Å². The fourth-order valence-electron chi connectivity index (χ4n) is 2.61. The number of rotatable bonds is 5. The van der Waals surface area contributed by atoms with Crippen molar-refractivity contribution in [3.63, 3.8) is 0 Å². The predicted molar refractivity (Wildman–Crippen MR) is 93.5 cm³/mol. The summed E-state index contributed by atoms with van der Waals surface area (Å²) < 4.78 is 27.1. The van der Waals surface area contributed by atoms with Crippen LogP contribution in [-0.2, 0) is 9.59 Å². The number of halogens is 2. The summed E-state index contributed by atoms with van der Waals surface area (Å²) in [4.78, 5) is 25.4. The maximum atomic E-state index is 13.6. The van der Waals surface area contributed by atoms with Crippen LogP contribution in [0.15, 0.2) is 36.4 Å². The number of amides is 2. The molecule has 0 bridgehead atoms. The van der Waals surface area contributed by atoms with E-state index in [1.165, 1.54) is 17.9 Å². The van der Waals surface area contributed by atoms with Gasteiger partial charge in [-0.05, 0) is 49.2 Å². The van der Waals surface area contributed by atoms with Crippen LogP contribution in [-0.4, -0.2) is 18.4 Å². The first-order valence-corrected chi connectivity index (χ1v) is 7.88.